The largest absolute Gasteiger partial charge is 0.391 e. The Hall–Kier alpha value is -1.84. The summed E-state index contributed by atoms with van der Waals surface area (Å²) < 4.78 is 63.6. The van der Waals surface area contributed by atoms with Crippen LogP contribution >= 0.6 is 0 Å². The average molecular weight is 445 g/mol. The van der Waals surface area contributed by atoms with E-state index in [4.69, 9.17) is 0 Å². The van der Waals surface area contributed by atoms with Gasteiger partial charge < -0.3 is 9.88 Å². The van der Waals surface area contributed by atoms with E-state index in [1.165, 1.54) is 6.33 Å². The number of nitrogens with one attached hydrogen (secondary N) is 1. The van der Waals surface area contributed by atoms with E-state index in [9.17, 15) is 21.6 Å². The number of hydrogen-bond acceptors (Lipinski definition) is 5. The SMILES string of the molecule is CN(c1ncnc2[nH]ccc12)[C@H]1C[C@@H](CS(=O)(=O)C[C@H]2CC[C@H](C(F)(F)F)CC2)C1. The van der Waals surface area contributed by atoms with Crippen molar-refractivity contribution in [1.82, 2.24) is 15.0 Å². The number of H-pyrrole nitrogens is 1. The van der Waals surface area contributed by atoms with Crippen LogP contribution in [0.2, 0.25) is 0 Å². The molecule has 0 amide bonds. The van der Waals surface area contributed by atoms with Crippen LogP contribution in [0, 0.1) is 17.8 Å². The van der Waals surface area contributed by atoms with Gasteiger partial charge in [0.2, 0.25) is 0 Å². The van der Waals surface area contributed by atoms with Gasteiger partial charge in [-0.2, -0.15) is 13.2 Å². The standard InChI is InChI=1S/C20H27F3N4O2S/c1-27(19-17-6-7-24-18(17)25-12-26-19)16-8-14(9-16)11-30(28,29)10-13-2-4-15(5-3-13)20(21,22)23/h6-7,12-16H,2-5,8-11H2,1H3,(H,24,25,26)/t13-,14-,15-,16+. The van der Waals surface area contributed by atoms with Crippen LogP contribution in [-0.2, 0) is 9.84 Å². The Labute approximate surface area is 174 Å². The van der Waals surface area contributed by atoms with Gasteiger partial charge in [0.05, 0.1) is 22.8 Å². The number of sulfone groups is 1. The molecule has 2 saturated carbocycles. The molecule has 0 aromatic carbocycles. The highest BCUT2D eigenvalue weighted by Gasteiger charge is 2.42. The summed E-state index contributed by atoms with van der Waals surface area (Å²) in [4.78, 5) is 13.7. The van der Waals surface area contributed by atoms with Gasteiger partial charge in [0, 0.05) is 19.3 Å². The summed E-state index contributed by atoms with van der Waals surface area (Å²) in [5, 5.41) is 0.936. The molecule has 2 aliphatic carbocycles. The number of alkyl halides is 3. The highest BCUT2D eigenvalue weighted by Crippen LogP contribution is 2.40. The molecule has 2 fully saturated rings. The number of hydrogen-bond donors (Lipinski definition) is 1. The molecule has 0 aliphatic heterocycles. The van der Waals surface area contributed by atoms with E-state index in [1.54, 1.807) is 0 Å². The van der Waals surface area contributed by atoms with E-state index in [0.717, 1.165) is 29.7 Å². The molecule has 2 heterocycles. The molecule has 0 spiro atoms. The van der Waals surface area contributed by atoms with E-state index in [1.807, 2.05) is 19.3 Å². The maximum atomic E-state index is 12.8. The summed E-state index contributed by atoms with van der Waals surface area (Å²) in [7, 11) is -1.30. The Balaban J connectivity index is 1.27. The highest BCUT2D eigenvalue weighted by atomic mass is 32.2. The fourth-order valence-corrected chi connectivity index (χ4v) is 7.09. The molecule has 2 aromatic heterocycles. The van der Waals surface area contributed by atoms with Crippen LogP contribution in [0.15, 0.2) is 18.6 Å². The Bertz CT molecular complexity index is 977. The van der Waals surface area contributed by atoms with Crippen LogP contribution < -0.4 is 4.90 Å². The van der Waals surface area contributed by atoms with Gasteiger partial charge >= 0.3 is 6.18 Å². The van der Waals surface area contributed by atoms with Crippen LogP contribution in [0.3, 0.4) is 0 Å². The van der Waals surface area contributed by atoms with Gasteiger partial charge in [0.15, 0.2) is 9.84 Å². The minimum atomic E-state index is -4.16. The number of nitrogens with zero attached hydrogens (tertiary/aromatic N) is 3. The first-order valence-corrected chi connectivity index (χ1v) is 12.2. The van der Waals surface area contributed by atoms with Crippen LogP contribution in [0.4, 0.5) is 19.0 Å². The second-order valence-electron chi connectivity index (χ2n) is 8.88. The van der Waals surface area contributed by atoms with E-state index in [-0.39, 0.29) is 42.2 Å². The van der Waals surface area contributed by atoms with E-state index >= 15 is 0 Å². The van der Waals surface area contributed by atoms with Gasteiger partial charge in [-0.25, -0.2) is 18.4 Å². The van der Waals surface area contributed by atoms with Crippen molar-refractivity contribution in [3.05, 3.63) is 18.6 Å². The van der Waals surface area contributed by atoms with Gasteiger partial charge in [-0.3, -0.25) is 0 Å². The summed E-state index contributed by atoms with van der Waals surface area (Å²) in [6.45, 7) is 0. The molecule has 0 radical (unpaired) electrons. The lowest BCUT2D eigenvalue weighted by Gasteiger charge is -2.42. The third kappa shape index (κ3) is 4.58. The molecule has 0 saturated heterocycles. The smallest absolute Gasteiger partial charge is 0.356 e. The predicted molar refractivity (Wildman–Crippen MR) is 109 cm³/mol. The molecule has 6 nitrogen and oxygen atoms in total. The molecule has 4 rings (SSSR count). The zero-order chi connectivity index (χ0) is 21.5. The van der Waals surface area contributed by atoms with Gasteiger partial charge in [-0.15, -0.1) is 0 Å². The number of halogens is 3. The van der Waals surface area contributed by atoms with Crippen molar-refractivity contribution in [2.45, 2.75) is 50.7 Å². The second kappa shape index (κ2) is 8.01. The van der Waals surface area contributed by atoms with E-state index < -0.39 is 21.9 Å². The summed E-state index contributed by atoms with van der Waals surface area (Å²) in [5.41, 5.74) is 0.769. The lowest BCUT2D eigenvalue weighted by molar-refractivity contribution is -0.183. The summed E-state index contributed by atoms with van der Waals surface area (Å²) in [6.07, 6.45) is 1.50. The third-order valence-electron chi connectivity index (χ3n) is 6.71. The minimum Gasteiger partial charge on any atom is -0.356 e. The van der Waals surface area contributed by atoms with Crippen molar-refractivity contribution >= 4 is 26.7 Å². The number of rotatable bonds is 6. The highest BCUT2D eigenvalue weighted by molar-refractivity contribution is 7.91. The zero-order valence-corrected chi connectivity index (χ0v) is 17.7. The number of fused-ring (bicyclic) bond motifs is 1. The normalized spacial score (nSPS) is 27.7. The van der Waals surface area contributed by atoms with Gasteiger partial charge in [0.1, 0.15) is 17.8 Å². The van der Waals surface area contributed by atoms with Crippen molar-refractivity contribution < 1.29 is 21.6 Å². The van der Waals surface area contributed by atoms with Crippen LogP contribution in [0.25, 0.3) is 11.0 Å². The number of anilines is 1. The van der Waals surface area contributed by atoms with Crippen LogP contribution in [-0.4, -0.2) is 54.1 Å². The average Bonchev–Trinajstić information content (AvgIpc) is 3.12. The van der Waals surface area contributed by atoms with Crippen molar-refractivity contribution in [1.29, 1.82) is 0 Å². The Morgan fingerprint density at radius 3 is 2.43 bits per heavy atom. The van der Waals surface area contributed by atoms with Gasteiger partial charge in [-0.1, -0.05) is 0 Å². The molecular formula is C20H27F3N4O2S. The molecular weight excluding hydrogens is 417 g/mol. The monoisotopic (exact) mass is 444 g/mol. The molecule has 10 heteroatoms. The lowest BCUT2D eigenvalue weighted by atomic mass is 9.81. The van der Waals surface area contributed by atoms with E-state index in [2.05, 4.69) is 19.9 Å². The molecule has 2 aliphatic rings. The van der Waals surface area contributed by atoms with Crippen molar-refractivity contribution in [2.24, 2.45) is 17.8 Å². The Morgan fingerprint density at radius 1 is 1.10 bits per heavy atom. The Kier molecular flexibility index (Phi) is 5.71. The third-order valence-corrected chi connectivity index (χ3v) is 8.67. The molecule has 0 bridgehead atoms. The summed E-state index contributed by atoms with van der Waals surface area (Å²) in [6, 6.07) is 2.15. The quantitative estimate of drug-likeness (QED) is 0.730. The van der Waals surface area contributed by atoms with Crippen molar-refractivity contribution in [3.63, 3.8) is 0 Å². The fraction of sp³-hybridized carbons (Fsp3) is 0.700. The lowest BCUT2D eigenvalue weighted by Crippen LogP contribution is -2.45. The molecule has 0 unspecified atom stereocenters. The number of aromatic amines is 1. The number of aromatic nitrogens is 3. The van der Waals surface area contributed by atoms with Crippen molar-refractivity contribution in [2.75, 3.05) is 23.5 Å². The first kappa shape index (κ1) is 21.4. The van der Waals surface area contributed by atoms with E-state index in [0.29, 0.717) is 12.8 Å². The minimum absolute atomic E-state index is 0.0183. The first-order valence-electron chi connectivity index (χ1n) is 10.4. The zero-order valence-electron chi connectivity index (χ0n) is 16.9. The van der Waals surface area contributed by atoms with Crippen LogP contribution in [0.1, 0.15) is 38.5 Å². The Morgan fingerprint density at radius 2 is 1.77 bits per heavy atom. The molecule has 2 aromatic rings. The topological polar surface area (TPSA) is 79.0 Å². The molecule has 1 N–H and O–H groups in total. The summed E-state index contributed by atoms with van der Waals surface area (Å²) in [5.74, 6) is -0.348. The van der Waals surface area contributed by atoms with Crippen molar-refractivity contribution in [3.8, 4) is 0 Å². The summed E-state index contributed by atoms with van der Waals surface area (Å²) >= 11 is 0. The first-order chi connectivity index (χ1) is 14.1. The fourth-order valence-electron chi connectivity index (χ4n) is 4.91. The van der Waals surface area contributed by atoms with Gasteiger partial charge in [-0.05, 0) is 56.4 Å². The van der Waals surface area contributed by atoms with Crippen LogP contribution in [0.5, 0.6) is 0 Å². The maximum Gasteiger partial charge on any atom is 0.391 e. The predicted octanol–water partition coefficient (Wildman–Crippen LogP) is 3.96. The van der Waals surface area contributed by atoms with Gasteiger partial charge in [0.25, 0.3) is 0 Å². The molecule has 0 atom stereocenters. The molecule has 166 valence electrons. The molecule has 30 heavy (non-hydrogen) atoms. The maximum absolute atomic E-state index is 12.8. The second-order valence-corrected chi connectivity index (χ2v) is 11.0.